The van der Waals surface area contributed by atoms with Crippen molar-refractivity contribution in [1.29, 1.82) is 0 Å². The van der Waals surface area contributed by atoms with Crippen LogP contribution in [0.1, 0.15) is 85.9 Å². The maximum Gasteiger partial charge on any atom is 0.357 e. The molecule has 0 spiro atoms. The van der Waals surface area contributed by atoms with Gasteiger partial charge in [-0.3, -0.25) is 39.6 Å². The van der Waals surface area contributed by atoms with Gasteiger partial charge < -0.3 is 37.6 Å². The molecule has 8 heterocycles. The van der Waals surface area contributed by atoms with Crippen molar-refractivity contribution in [3.63, 3.8) is 0 Å². The van der Waals surface area contributed by atoms with Gasteiger partial charge in [0.1, 0.15) is 20.0 Å². The topological polar surface area (TPSA) is 397 Å². The van der Waals surface area contributed by atoms with Gasteiger partial charge in [0.05, 0.1) is 86.9 Å². The van der Waals surface area contributed by atoms with E-state index in [9.17, 15) is 53.1 Å². The van der Waals surface area contributed by atoms with Gasteiger partial charge in [-0.15, -0.1) is 108 Å². The van der Waals surface area contributed by atoms with Gasteiger partial charge >= 0.3 is 28.4 Å². The molecule has 0 saturated heterocycles. The average Bonchev–Trinajstić information content (AvgIpc) is 1.73. The van der Waals surface area contributed by atoms with Crippen molar-refractivity contribution in [3.8, 4) is 39.5 Å². The van der Waals surface area contributed by atoms with Crippen molar-refractivity contribution in [2.75, 3.05) is 4.72 Å². The molecule has 37 heteroatoms. The molecule has 0 radical (unpaired) electrons. The van der Waals surface area contributed by atoms with E-state index in [1.807, 2.05) is 187 Å². The predicted octanol–water partition coefficient (Wildman–Crippen LogP) is 20.6. The molecule has 15 rings (SSSR count). The van der Waals surface area contributed by atoms with Gasteiger partial charge in [0.15, 0.2) is 0 Å². The molecular weight excluding hydrogens is 1780 g/mol. The number of thiophene rings is 4. The number of nitro benzene ring substituents is 3. The van der Waals surface area contributed by atoms with E-state index in [0.717, 1.165) is 101 Å². The number of anilines is 1. The fraction of sp³-hybridized carbons (Fsp3) is 0.131. The number of halogens is 1. The van der Waals surface area contributed by atoms with E-state index in [1.165, 1.54) is 70.4 Å². The Bertz CT molecular complexity index is 5690. The minimum atomic E-state index is -4.34. The molecule has 15 aromatic rings. The van der Waals surface area contributed by atoms with Gasteiger partial charge in [-0.1, -0.05) is 164 Å². The van der Waals surface area contributed by atoms with Crippen LogP contribution in [-0.4, -0.2) is 65.8 Å². The molecule has 6 amide bonds. The highest BCUT2D eigenvalue weighted by Crippen LogP contribution is 2.36. The second kappa shape index (κ2) is 44.9. The van der Waals surface area contributed by atoms with Gasteiger partial charge in [-0.05, 0) is 123 Å². The van der Waals surface area contributed by atoms with Crippen molar-refractivity contribution in [2.45, 2.75) is 69.5 Å². The average molecular weight is 1860 g/mol. The third-order valence-corrected chi connectivity index (χ3v) is 25.8. The number of benzene rings is 7. The summed E-state index contributed by atoms with van der Waals surface area (Å²) in [4.78, 5) is 92.4. The van der Waals surface area contributed by atoms with E-state index >= 15 is 0 Å². The lowest BCUT2D eigenvalue weighted by atomic mass is 10.0. The zero-order valence-corrected chi connectivity index (χ0v) is 72.7. The maximum atomic E-state index is 12.7. The molecule has 121 heavy (non-hydrogen) atoms. The lowest BCUT2D eigenvalue weighted by Crippen LogP contribution is -2.38. The maximum absolute atomic E-state index is 12.7. The smallest absolute Gasteiger partial charge is 0.334 e. The normalized spacial score (nSPS) is 11.8. The van der Waals surface area contributed by atoms with Crippen LogP contribution in [0.3, 0.4) is 0 Å². The fourth-order valence-electron chi connectivity index (χ4n) is 11.7. The Labute approximate surface area is 737 Å². The van der Waals surface area contributed by atoms with Crippen LogP contribution in [-0.2, 0) is 55.6 Å². The zero-order valence-electron chi connectivity index (χ0n) is 63.6. The second-order valence-electron chi connectivity index (χ2n) is 26.3. The number of rotatable bonds is 30. The lowest BCUT2D eigenvalue weighted by molar-refractivity contribution is -0.385. The monoisotopic (exact) mass is 1850 g/mol. The number of aromatic nitrogens is 4. The molecule has 10 N–H and O–H groups in total. The van der Waals surface area contributed by atoms with Gasteiger partial charge in [0.2, 0.25) is 0 Å². The summed E-state index contributed by atoms with van der Waals surface area (Å²) in [6.45, 7) is 1.22. The number of carbonyl (C=O) groups excluding carboxylic acids is 3. The Hall–Kier alpha value is -12.0. The Morgan fingerprint density at radius 3 is 0.884 bits per heavy atom. The molecule has 620 valence electrons. The summed E-state index contributed by atoms with van der Waals surface area (Å²) < 4.78 is 33.0. The molecule has 0 unspecified atom stereocenters. The highest BCUT2D eigenvalue weighted by atomic mass is 79.9. The highest BCUT2D eigenvalue weighted by molar-refractivity contribution is 8.93. The van der Waals surface area contributed by atoms with Gasteiger partial charge in [-0.2, -0.15) is 8.42 Å². The molecule has 0 aliphatic rings. The summed E-state index contributed by atoms with van der Waals surface area (Å²) in [5, 5.41) is 69.7. The molecule has 27 nitrogen and oxygen atoms in total. The number of non-ortho nitro benzene ring substituents is 3. The number of urea groups is 3. The number of hydrogen-bond acceptors (Lipinski definition) is 24. The SMILES string of the molecule is Br.N[C@@H](Cc1ccc([N+](=O)[O-])cc1)c1csc(-c2cccs2)n1.O=C(NCc1ccccc1)N[C@@H](Cc1ccc(NS(=O)(=O)O)cc1)c1csc(-c2cccs2)n1.O=C(NCc1ccccc1)N[C@@H](Cc1ccc([N+](=O)[O-])cc1)c1csc(-c2cccs2)n1.O=C(NCc1ccccc1)N[C@@H](Cc1ccc([N+](=O)[O-])cc1)c1csc(-c2cccs2)n1. The van der Waals surface area contributed by atoms with E-state index in [-0.39, 0.29) is 75.9 Å². The Morgan fingerprint density at radius 1 is 0.355 bits per heavy atom. The number of nitrogens with one attached hydrogen (secondary N) is 7. The van der Waals surface area contributed by atoms with Crippen molar-refractivity contribution < 1.29 is 42.1 Å². The number of carbonyl (C=O) groups is 3. The molecule has 0 aliphatic carbocycles. The first-order valence-electron chi connectivity index (χ1n) is 36.7. The number of nitrogens with zero attached hydrogens (tertiary/aromatic N) is 7. The van der Waals surface area contributed by atoms with Crippen LogP contribution in [0.4, 0.5) is 37.1 Å². The molecule has 8 aromatic heterocycles. The zero-order chi connectivity index (χ0) is 84.2. The van der Waals surface area contributed by atoms with Crippen LogP contribution in [0.15, 0.2) is 280 Å². The predicted molar refractivity (Wildman–Crippen MR) is 488 cm³/mol. The first-order chi connectivity index (χ1) is 58.1. The molecule has 0 saturated carbocycles. The molecule has 0 fully saturated rings. The Balaban J connectivity index is 0.000000159. The summed E-state index contributed by atoms with van der Waals surface area (Å²) in [7, 11) is -4.34. The summed E-state index contributed by atoms with van der Waals surface area (Å²) >= 11 is 12.6. The molecular formula is C84H76BrN15O12S9. The van der Waals surface area contributed by atoms with Crippen molar-refractivity contribution in [2.24, 2.45) is 5.73 Å². The number of hydrogen-bond donors (Lipinski definition) is 9. The van der Waals surface area contributed by atoms with E-state index in [2.05, 4.69) is 36.9 Å². The minimum Gasteiger partial charge on any atom is -0.334 e. The molecule has 0 aliphatic heterocycles. The molecule has 0 bridgehead atoms. The third-order valence-electron chi connectivity index (χ3n) is 17.7. The number of nitro groups is 3. The van der Waals surface area contributed by atoms with Gasteiger partial charge in [-0.25, -0.2) is 34.3 Å². The van der Waals surface area contributed by atoms with Crippen LogP contribution in [0.5, 0.6) is 0 Å². The fourth-order valence-corrected chi connectivity index (χ4v) is 18.9. The highest BCUT2D eigenvalue weighted by Gasteiger charge is 2.25. The van der Waals surface area contributed by atoms with Gasteiger partial charge in [0.25, 0.3) is 17.1 Å². The third kappa shape index (κ3) is 28.1. The minimum absolute atomic E-state index is 0. The largest absolute Gasteiger partial charge is 0.357 e. The molecule has 4 atom stereocenters. The van der Waals surface area contributed by atoms with Crippen LogP contribution < -0.4 is 42.4 Å². The van der Waals surface area contributed by atoms with Crippen LogP contribution in [0.25, 0.3) is 39.5 Å². The van der Waals surface area contributed by atoms with Crippen molar-refractivity contribution in [1.82, 2.24) is 51.8 Å². The van der Waals surface area contributed by atoms with Crippen LogP contribution in [0.2, 0.25) is 0 Å². The van der Waals surface area contributed by atoms with Crippen LogP contribution in [0, 0.1) is 30.3 Å². The summed E-state index contributed by atoms with van der Waals surface area (Å²) in [6, 6.07) is 68.4. The van der Waals surface area contributed by atoms with E-state index in [4.69, 9.17) is 25.2 Å². The molecule has 7 aromatic carbocycles. The first kappa shape index (κ1) is 89.8. The summed E-state index contributed by atoms with van der Waals surface area (Å²) in [5.74, 6) is 0. The first-order valence-corrected chi connectivity index (χ1v) is 45.1. The number of amides is 6. The summed E-state index contributed by atoms with van der Waals surface area (Å²) in [5.41, 5.74) is 16.3. The van der Waals surface area contributed by atoms with Crippen LogP contribution >= 0.6 is 108 Å². The standard InChI is InChI=1S/C23H22N4O4S3.2C23H20N4O3S2.C15H13N3O2S2.BrH/c28-23(24-14-17-5-2-1-3-6-17)26-19(20-15-33-22(25-20)21-7-4-12-32-21)13-16-8-10-18(11-9-16)27-34(29,30)31;2*28-23(24-14-17-5-2-1-3-6-17)26-19(13-16-8-10-18(11-9-16)27(29)30)20-15-32-22(25-20)21-7-4-12-31-21;16-12(8-10-3-5-11(6-4-10)18(19)20)13-9-22-15(17-13)14-2-1-7-21-14;/h1-12,15,19,27H,13-14H2,(H2,24,26,28)(H,29,30,31);2*1-12,15,19H,13-14H2,(H2,24,26,28);1-7,9,12H,8,16H2;1H/t3*19-;12-;/m0000./s1. The lowest BCUT2D eigenvalue weighted by Gasteiger charge is -2.18. The van der Waals surface area contributed by atoms with E-state index in [1.54, 1.807) is 117 Å². The van der Waals surface area contributed by atoms with Crippen molar-refractivity contribution >= 4 is 159 Å². The van der Waals surface area contributed by atoms with E-state index in [0.29, 0.717) is 45.3 Å². The van der Waals surface area contributed by atoms with E-state index < -0.39 is 31.1 Å². The Morgan fingerprint density at radius 2 is 0.620 bits per heavy atom. The Kier molecular flexibility index (Phi) is 33.3. The second-order valence-corrected chi connectivity index (χ2v) is 34.7. The quantitative estimate of drug-likeness (QED) is 0.0115. The number of nitrogens with two attached hydrogens (primary N) is 1. The summed E-state index contributed by atoms with van der Waals surface area (Å²) in [6.07, 6.45) is 1.97. The van der Waals surface area contributed by atoms with Gasteiger partial charge in [0, 0.05) is 77.6 Å². The number of thiazole rings is 4. The van der Waals surface area contributed by atoms with Crippen molar-refractivity contribution in [3.05, 3.63) is 372 Å².